The SMILES string of the molecule is CC1(C)OC(C)(C)c2c1sc(N)c2-c1ccccn1. The Bertz CT molecular complexity index is 629. The summed E-state index contributed by atoms with van der Waals surface area (Å²) in [5.41, 5.74) is 8.78. The predicted molar refractivity (Wildman–Crippen MR) is 79.1 cm³/mol. The van der Waals surface area contributed by atoms with Gasteiger partial charge in [-0.25, -0.2) is 0 Å². The second kappa shape index (κ2) is 3.81. The Morgan fingerprint density at radius 3 is 2.53 bits per heavy atom. The maximum atomic E-state index is 6.25. The Labute approximate surface area is 117 Å². The minimum atomic E-state index is -0.334. The molecular formula is C15H18N2OS. The fraction of sp³-hybridized carbons (Fsp3) is 0.400. The van der Waals surface area contributed by atoms with Gasteiger partial charge in [-0.2, -0.15) is 0 Å². The summed E-state index contributed by atoms with van der Waals surface area (Å²) in [6, 6.07) is 5.90. The summed E-state index contributed by atoms with van der Waals surface area (Å²) in [6.07, 6.45) is 1.80. The quantitative estimate of drug-likeness (QED) is 0.858. The number of rotatable bonds is 1. The molecule has 0 amide bonds. The van der Waals surface area contributed by atoms with Crippen LogP contribution in [0.1, 0.15) is 38.1 Å². The Morgan fingerprint density at radius 2 is 1.89 bits per heavy atom. The van der Waals surface area contributed by atoms with Crippen molar-refractivity contribution in [3.8, 4) is 11.3 Å². The molecule has 19 heavy (non-hydrogen) atoms. The Hall–Kier alpha value is -1.39. The number of ether oxygens (including phenoxy) is 1. The van der Waals surface area contributed by atoms with Crippen LogP contribution in [0.3, 0.4) is 0 Å². The standard InChI is InChI=1S/C15H18N2OS/c1-14(2)11-10(9-7-5-6-8-17-9)13(16)19-12(11)15(3,4)18-14/h5-8H,16H2,1-4H3. The van der Waals surface area contributed by atoms with Gasteiger partial charge in [0.15, 0.2) is 0 Å². The first-order valence-electron chi connectivity index (χ1n) is 6.38. The summed E-state index contributed by atoms with van der Waals surface area (Å²) in [7, 11) is 0. The highest BCUT2D eigenvalue weighted by molar-refractivity contribution is 7.17. The maximum Gasteiger partial charge on any atom is 0.0983 e. The lowest BCUT2D eigenvalue weighted by Gasteiger charge is -2.26. The van der Waals surface area contributed by atoms with Crippen molar-refractivity contribution in [2.45, 2.75) is 38.9 Å². The van der Waals surface area contributed by atoms with E-state index in [2.05, 4.69) is 32.7 Å². The van der Waals surface area contributed by atoms with Gasteiger partial charge in [-0.1, -0.05) is 6.07 Å². The van der Waals surface area contributed by atoms with E-state index in [0.29, 0.717) is 0 Å². The normalized spacial score (nSPS) is 19.4. The van der Waals surface area contributed by atoms with E-state index in [1.165, 1.54) is 10.4 Å². The molecule has 1 aliphatic rings. The van der Waals surface area contributed by atoms with E-state index in [4.69, 9.17) is 10.5 Å². The van der Waals surface area contributed by atoms with Crippen LogP contribution in [0.5, 0.6) is 0 Å². The number of aromatic nitrogens is 1. The van der Waals surface area contributed by atoms with Crippen molar-refractivity contribution in [1.29, 1.82) is 0 Å². The number of anilines is 1. The fourth-order valence-corrected chi connectivity index (χ4v) is 4.21. The number of thiophene rings is 1. The van der Waals surface area contributed by atoms with Crippen molar-refractivity contribution in [1.82, 2.24) is 4.98 Å². The molecule has 2 aromatic rings. The van der Waals surface area contributed by atoms with Crippen molar-refractivity contribution >= 4 is 16.3 Å². The molecule has 0 saturated carbocycles. The molecule has 0 atom stereocenters. The zero-order chi connectivity index (χ0) is 13.8. The number of hydrogen-bond acceptors (Lipinski definition) is 4. The van der Waals surface area contributed by atoms with Gasteiger partial charge in [0.05, 0.1) is 21.9 Å². The van der Waals surface area contributed by atoms with Gasteiger partial charge in [0.25, 0.3) is 0 Å². The molecule has 0 fully saturated rings. The van der Waals surface area contributed by atoms with E-state index in [-0.39, 0.29) is 11.2 Å². The minimum Gasteiger partial charge on any atom is -0.390 e. The zero-order valence-electron chi connectivity index (χ0n) is 11.7. The minimum absolute atomic E-state index is 0.287. The third-order valence-electron chi connectivity index (χ3n) is 3.52. The predicted octanol–water partition coefficient (Wildman–Crippen LogP) is 3.89. The monoisotopic (exact) mass is 274 g/mol. The average Bonchev–Trinajstić information content (AvgIpc) is 2.75. The van der Waals surface area contributed by atoms with Crippen LogP contribution >= 0.6 is 11.3 Å². The van der Waals surface area contributed by atoms with Gasteiger partial charge >= 0.3 is 0 Å². The number of nitrogens with two attached hydrogens (primary N) is 1. The lowest BCUT2D eigenvalue weighted by Crippen LogP contribution is -2.23. The van der Waals surface area contributed by atoms with Gasteiger partial charge in [0, 0.05) is 22.2 Å². The highest BCUT2D eigenvalue weighted by Gasteiger charge is 2.47. The zero-order valence-corrected chi connectivity index (χ0v) is 12.5. The number of hydrogen-bond donors (Lipinski definition) is 1. The van der Waals surface area contributed by atoms with Crippen molar-refractivity contribution in [3.05, 3.63) is 34.8 Å². The van der Waals surface area contributed by atoms with Crippen molar-refractivity contribution in [2.75, 3.05) is 5.73 Å². The first-order valence-corrected chi connectivity index (χ1v) is 7.19. The van der Waals surface area contributed by atoms with E-state index in [9.17, 15) is 0 Å². The summed E-state index contributed by atoms with van der Waals surface area (Å²) in [6.45, 7) is 8.38. The maximum absolute atomic E-state index is 6.25. The highest BCUT2D eigenvalue weighted by Crippen LogP contribution is 2.56. The lowest BCUT2D eigenvalue weighted by molar-refractivity contribution is -0.104. The highest BCUT2D eigenvalue weighted by atomic mass is 32.1. The van der Waals surface area contributed by atoms with Gasteiger partial charge in [-0.05, 0) is 39.8 Å². The average molecular weight is 274 g/mol. The smallest absolute Gasteiger partial charge is 0.0983 e. The molecule has 0 aliphatic carbocycles. The summed E-state index contributed by atoms with van der Waals surface area (Å²) >= 11 is 1.62. The van der Waals surface area contributed by atoms with Crippen molar-refractivity contribution < 1.29 is 4.74 Å². The molecule has 2 aromatic heterocycles. The van der Waals surface area contributed by atoms with E-state index >= 15 is 0 Å². The molecule has 0 saturated heterocycles. The molecule has 3 heterocycles. The Balaban J connectivity index is 2.30. The van der Waals surface area contributed by atoms with Gasteiger partial charge in [0.1, 0.15) is 0 Å². The molecular weight excluding hydrogens is 256 g/mol. The number of pyridine rings is 1. The van der Waals surface area contributed by atoms with Gasteiger partial charge in [0.2, 0.25) is 0 Å². The molecule has 0 radical (unpaired) electrons. The van der Waals surface area contributed by atoms with E-state index in [0.717, 1.165) is 16.3 Å². The van der Waals surface area contributed by atoms with Gasteiger partial charge < -0.3 is 10.5 Å². The second-order valence-electron chi connectivity index (χ2n) is 5.88. The van der Waals surface area contributed by atoms with E-state index < -0.39 is 0 Å². The van der Waals surface area contributed by atoms with Crippen LogP contribution in [0.2, 0.25) is 0 Å². The third-order valence-corrected chi connectivity index (χ3v) is 4.84. The Kier molecular flexibility index (Phi) is 2.53. The van der Waals surface area contributed by atoms with Crippen LogP contribution in [0, 0.1) is 0 Å². The fourth-order valence-electron chi connectivity index (χ4n) is 2.95. The van der Waals surface area contributed by atoms with Gasteiger partial charge in [-0.15, -0.1) is 11.3 Å². The number of nitrogen functional groups attached to an aromatic ring is 1. The first kappa shape index (κ1) is 12.6. The summed E-state index contributed by atoms with van der Waals surface area (Å²) < 4.78 is 6.19. The molecule has 1 aliphatic heterocycles. The number of fused-ring (bicyclic) bond motifs is 1. The molecule has 0 spiro atoms. The molecule has 100 valence electrons. The van der Waals surface area contributed by atoms with Crippen LogP contribution < -0.4 is 5.73 Å². The molecule has 3 rings (SSSR count). The molecule has 0 unspecified atom stereocenters. The number of nitrogens with zero attached hydrogens (tertiary/aromatic N) is 1. The summed E-state index contributed by atoms with van der Waals surface area (Å²) in [4.78, 5) is 5.66. The van der Waals surface area contributed by atoms with E-state index in [1.807, 2.05) is 18.2 Å². The Morgan fingerprint density at radius 1 is 1.16 bits per heavy atom. The molecule has 0 bridgehead atoms. The van der Waals surface area contributed by atoms with Gasteiger partial charge in [-0.3, -0.25) is 4.98 Å². The van der Waals surface area contributed by atoms with Crippen LogP contribution in [0.15, 0.2) is 24.4 Å². The van der Waals surface area contributed by atoms with Crippen molar-refractivity contribution in [3.63, 3.8) is 0 Å². The largest absolute Gasteiger partial charge is 0.390 e. The van der Waals surface area contributed by atoms with Crippen molar-refractivity contribution in [2.24, 2.45) is 0 Å². The van der Waals surface area contributed by atoms with Crippen LogP contribution in [0.25, 0.3) is 11.3 Å². The third kappa shape index (κ3) is 1.78. The first-order chi connectivity index (χ1) is 8.83. The van der Waals surface area contributed by atoms with E-state index in [1.54, 1.807) is 17.5 Å². The second-order valence-corrected chi connectivity index (χ2v) is 6.94. The molecule has 2 N–H and O–H groups in total. The topological polar surface area (TPSA) is 48.1 Å². The van der Waals surface area contributed by atoms with Crippen LogP contribution in [-0.2, 0) is 15.9 Å². The molecule has 0 aromatic carbocycles. The molecule has 3 nitrogen and oxygen atoms in total. The molecule has 4 heteroatoms. The van der Waals surface area contributed by atoms with Crippen LogP contribution in [0.4, 0.5) is 5.00 Å². The summed E-state index contributed by atoms with van der Waals surface area (Å²) in [5.74, 6) is 0. The lowest BCUT2D eigenvalue weighted by atomic mass is 9.92. The summed E-state index contributed by atoms with van der Waals surface area (Å²) in [5, 5.41) is 0.827. The van der Waals surface area contributed by atoms with Crippen LogP contribution in [-0.4, -0.2) is 4.98 Å².